The summed E-state index contributed by atoms with van der Waals surface area (Å²) in [7, 11) is 0. The Morgan fingerprint density at radius 2 is 1.89 bits per heavy atom. The van der Waals surface area contributed by atoms with Crippen molar-refractivity contribution < 1.29 is 9.50 Å². The Labute approximate surface area is 124 Å². The quantitative estimate of drug-likeness (QED) is 0.810. The monoisotopic (exact) mass is 343 g/mol. The van der Waals surface area contributed by atoms with E-state index in [-0.39, 0.29) is 17.6 Å². The fourth-order valence-corrected chi connectivity index (χ4v) is 2.66. The van der Waals surface area contributed by atoms with Crippen LogP contribution >= 0.6 is 27.5 Å². The zero-order valence-corrected chi connectivity index (χ0v) is 12.5. The zero-order valence-electron chi connectivity index (χ0n) is 10.1. The highest BCUT2D eigenvalue weighted by Gasteiger charge is 2.12. The minimum absolute atomic E-state index is 0.0279. The molecular weight excluding hydrogens is 333 g/mol. The number of halogens is 3. The third-order valence-corrected chi connectivity index (χ3v) is 3.68. The first kappa shape index (κ1) is 14.2. The number of phenolic OH excluding ortho intramolecular Hbond substituents is 1. The maximum atomic E-state index is 13.1. The predicted molar refractivity (Wildman–Crippen MR) is 79.3 cm³/mol. The van der Waals surface area contributed by atoms with Crippen LogP contribution in [0.2, 0.25) is 5.02 Å². The molecule has 2 nitrogen and oxygen atoms in total. The Balaban J connectivity index is 2.24. The summed E-state index contributed by atoms with van der Waals surface area (Å²) in [6.45, 7) is 1.96. The van der Waals surface area contributed by atoms with Crippen molar-refractivity contribution in [1.82, 2.24) is 0 Å². The molecule has 1 atom stereocenters. The van der Waals surface area contributed by atoms with Gasteiger partial charge in [0.15, 0.2) is 0 Å². The molecule has 0 aliphatic carbocycles. The van der Waals surface area contributed by atoms with Gasteiger partial charge < -0.3 is 10.4 Å². The molecule has 0 aliphatic heterocycles. The summed E-state index contributed by atoms with van der Waals surface area (Å²) >= 11 is 9.30. The molecule has 2 aromatic carbocycles. The summed E-state index contributed by atoms with van der Waals surface area (Å²) in [4.78, 5) is 0. The first-order valence-electron chi connectivity index (χ1n) is 5.67. The van der Waals surface area contributed by atoms with Crippen LogP contribution in [0, 0.1) is 5.82 Å². The molecule has 1 unspecified atom stereocenters. The summed E-state index contributed by atoms with van der Waals surface area (Å²) in [6.07, 6.45) is 0. The summed E-state index contributed by atoms with van der Waals surface area (Å²) < 4.78 is 13.7. The van der Waals surface area contributed by atoms with E-state index in [1.807, 2.05) is 19.1 Å². The molecule has 0 saturated carbocycles. The largest absolute Gasteiger partial charge is 0.508 e. The molecule has 0 bridgehead atoms. The first-order chi connectivity index (χ1) is 8.97. The lowest BCUT2D eigenvalue weighted by Gasteiger charge is -2.18. The minimum Gasteiger partial charge on any atom is -0.508 e. The van der Waals surface area contributed by atoms with Gasteiger partial charge in [-0.05, 0) is 52.7 Å². The normalized spacial score (nSPS) is 12.2. The number of nitrogens with one attached hydrogen (secondary N) is 1. The number of aromatic hydroxyl groups is 1. The van der Waals surface area contributed by atoms with Crippen LogP contribution < -0.4 is 5.32 Å². The molecule has 0 aliphatic rings. The highest BCUT2D eigenvalue weighted by Crippen LogP contribution is 2.34. The van der Waals surface area contributed by atoms with Gasteiger partial charge in [0.2, 0.25) is 0 Å². The van der Waals surface area contributed by atoms with E-state index in [9.17, 15) is 9.50 Å². The first-order valence-corrected chi connectivity index (χ1v) is 6.84. The Bertz CT molecular complexity index is 565. The third-order valence-electron chi connectivity index (χ3n) is 2.76. The molecule has 0 spiro atoms. The average molecular weight is 345 g/mol. The summed E-state index contributed by atoms with van der Waals surface area (Å²) in [5.41, 5.74) is 1.63. The van der Waals surface area contributed by atoms with Gasteiger partial charge in [-0.3, -0.25) is 0 Å². The van der Waals surface area contributed by atoms with E-state index in [4.69, 9.17) is 11.6 Å². The topological polar surface area (TPSA) is 32.3 Å². The Morgan fingerprint density at radius 3 is 2.47 bits per heavy atom. The number of hydrogen-bond donors (Lipinski definition) is 2. The number of benzene rings is 2. The molecule has 5 heteroatoms. The predicted octanol–water partition coefficient (Wildman–Crippen LogP) is 5.12. The van der Waals surface area contributed by atoms with Gasteiger partial charge in [-0.2, -0.15) is 0 Å². The van der Waals surface area contributed by atoms with Gasteiger partial charge in [0.05, 0.1) is 10.7 Å². The lowest BCUT2D eigenvalue weighted by molar-refractivity contribution is 0.475. The van der Waals surface area contributed by atoms with Gasteiger partial charge >= 0.3 is 0 Å². The Morgan fingerprint density at radius 1 is 1.26 bits per heavy atom. The van der Waals surface area contributed by atoms with Crippen molar-refractivity contribution in [2.45, 2.75) is 13.0 Å². The lowest BCUT2D eigenvalue weighted by atomic mass is 10.1. The number of anilines is 1. The maximum absolute atomic E-state index is 13.1. The van der Waals surface area contributed by atoms with Gasteiger partial charge in [0.1, 0.15) is 11.6 Å². The van der Waals surface area contributed by atoms with Crippen molar-refractivity contribution in [2.24, 2.45) is 0 Å². The van der Waals surface area contributed by atoms with Crippen molar-refractivity contribution in [3.63, 3.8) is 0 Å². The van der Waals surface area contributed by atoms with Crippen LogP contribution in [-0.4, -0.2) is 5.11 Å². The Hall–Kier alpha value is -1.26. The highest BCUT2D eigenvalue weighted by molar-refractivity contribution is 9.10. The standard InChI is InChI=1S/C14H12BrClFNO/c1-8(9-2-4-11(19)5-3-9)18-14-12(15)6-10(17)7-13(14)16/h2-8,18-19H,1H3. The van der Waals surface area contributed by atoms with E-state index >= 15 is 0 Å². The van der Waals surface area contributed by atoms with Gasteiger partial charge in [-0.1, -0.05) is 23.7 Å². The molecule has 2 rings (SSSR count). The van der Waals surface area contributed by atoms with Crippen LogP contribution in [0.15, 0.2) is 40.9 Å². The van der Waals surface area contributed by atoms with Crippen molar-refractivity contribution >= 4 is 33.2 Å². The van der Waals surface area contributed by atoms with E-state index < -0.39 is 0 Å². The summed E-state index contributed by atoms with van der Waals surface area (Å²) in [5.74, 6) is -0.170. The number of phenols is 1. The van der Waals surface area contributed by atoms with Crippen LogP contribution in [0.25, 0.3) is 0 Å². The molecule has 0 saturated heterocycles. The SMILES string of the molecule is CC(Nc1c(Cl)cc(F)cc1Br)c1ccc(O)cc1. The van der Waals surface area contributed by atoms with Crippen LogP contribution in [0.3, 0.4) is 0 Å². The maximum Gasteiger partial charge on any atom is 0.125 e. The van der Waals surface area contributed by atoms with Crippen molar-refractivity contribution in [3.8, 4) is 5.75 Å². The van der Waals surface area contributed by atoms with E-state index in [0.29, 0.717) is 15.2 Å². The van der Waals surface area contributed by atoms with Crippen molar-refractivity contribution in [1.29, 1.82) is 0 Å². The second-order valence-corrected chi connectivity index (χ2v) is 5.46. The van der Waals surface area contributed by atoms with Gasteiger partial charge in [-0.15, -0.1) is 0 Å². The molecule has 100 valence electrons. The molecule has 0 aromatic heterocycles. The van der Waals surface area contributed by atoms with E-state index in [2.05, 4.69) is 21.2 Å². The summed E-state index contributed by atoms with van der Waals surface area (Å²) in [6, 6.07) is 9.47. The molecule has 19 heavy (non-hydrogen) atoms. The molecule has 2 aromatic rings. The smallest absolute Gasteiger partial charge is 0.125 e. The second-order valence-electron chi connectivity index (χ2n) is 4.20. The van der Waals surface area contributed by atoms with Crippen LogP contribution in [0.4, 0.5) is 10.1 Å². The number of hydrogen-bond acceptors (Lipinski definition) is 2. The van der Waals surface area contributed by atoms with E-state index in [0.717, 1.165) is 5.56 Å². The molecule has 0 fully saturated rings. The highest BCUT2D eigenvalue weighted by atomic mass is 79.9. The second kappa shape index (κ2) is 5.80. The van der Waals surface area contributed by atoms with Crippen LogP contribution in [-0.2, 0) is 0 Å². The zero-order chi connectivity index (χ0) is 14.0. The van der Waals surface area contributed by atoms with Crippen LogP contribution in [0.5, 0.6) is 5.75 Å². The fourth-order valence-electron chi connectivity index (χ4n) is 1.74. The molecule has 2 N–H and O–H groups in total. The van der Waals surface area contributed by atoms with Crippen LogP contribution in [0.1, 0.15) is 18.5 Å². The van der Waals surface area contributed by atoms with Gasteiger partial charge in [-0.25, -0.2) is 4.39 Å². The molecule has 0 heterocycles. The lowest BCUT2D eigenvalue weighted by Crippen LogP contribution is -2.07. The summed E-state index contributed by atoms with van der Waals surface area (Å²) in [5, 5.41) is 12.8. The van der Waals surface area contributed by atoms with Gasteiger partial charge in [0.25, 0.3) is 0 Å². The number of rotatable bonds is 3. The van der Waals surface area contributed by atoms with E-state index in [1.54, 1.807) is 12.1 Å². The Kier molecular flexibility index (Phi) is 4.32. The minimum atomic E-state index is -0.389. The molecular formula is C14H12BrClFNO. The van der Waals surface area contributed by atoms with Gasteiger partial charge in [0, 0.05) is 10.5 Å². The van der Waals surface area contributed by atoms with E-state index in [1.165, 1.54) is 12.1 Å². The van der Waals surface area contributed by atoms with Crippen molar-refractivity contribution in [3.05, 3.63) is 57.3 Å². The molecule has 0 amide bonds. The van der Waals surface area contributed by atoms with Crippen molar-refractivity contribution in [2.75, 3.05) is 5.32 Å². The third kappa shape index (κ3) is 3.39. The fraction of sp³-hybridized carbons (Fsp3) is 0.143. The molecule has 0 radical (unpaired) electrons. The average Bonchev–Trinajstić information content (AvgIpc) is 2.34.